The molecule has 1 heterocycles. The van der Waals surface area contributed by atoms with Crippen molar-refractivity contribution in [3.05, 3.63) is 48.2 Å². The minimum Gasteiger partial charge on any atom is -0.500 e. The van der Waals surface area contributed by atoms with Gasteiger partial charge in [0.1, 0.15) is 12.0 Å². The highest BCUT2D eigenvalue weighted by molar-refractivity contribution is 5.86. The molecule has 3 heteroatoms. The summed E-state index contributed by atoms with van der Waals surface area (Å²) in [5, 5.41) is 0. The molecule has 1 aromatic rings. The normalized spacial score (nSPS) is 20.9. The van der Waals surface area contributed by atoms with E-state index in [1.165, 1.54) is 0 Å². The molecule has 1 unspecified atom stereocenters. The number of hydrogen-bond donors (Lipinski definition) is 0. The summed E-state index contributed by atoms with van der Waals surface area (Å²) in [6.07, 6.45) is 4.28. The molecule has 1 aliphatic heterocycles. The maximum absolute atomic E-state index is 13.1. The van der Waals surface area contributed by atoms with Crippen molar-refractivity contribution in [3.63, 3.8) is 0 Å². The van der Waals surface area contributed by atoms with Crippen LogP contribution < -0.4 is 0 Å². The second kappa shape index (κ2) is 6.33. The van der Waals surface area contributed by atoms with Gasteiger partial charge in [0.05, 0.1) is 6.26 Å². The zero-order valence-electron chi connectivity index (χ0n) is 13.4. The molecule has 1 atom stereocenters. The molecule has 0 saturated heterocycles. The summed E-state index contributed by atoms with van der Waals surface area (Å²) in [7, 11) is 0. The maximum atomic E-state index is 13.1. The van der Waals surface area contributed by atoms with Gasteiger partial charge in [-0.1, -0.05) is 30.3 Å². The summed E-state index contributed by atoms with van der Waals surface area (Å²) in [4.78, 5) is 15.1. The van der Waals surface area contributed by atoms with Crippen LogP contribution in [0, 0.1) is 5.41 Å². The first kappa shape index (κ1) is 15.6. The van der Waals surface area contributed by atoms with E-state index in [1.54, 1.807) is 6.26 Å². The van der Waals surface area contributed by atoms with Crippen molar-refractivity contribution >= 4 is 5.91 Å². The maximum Gasteiger partial charge on any atom is 0.237 e. The zero-order valence-corrected chi connectivity index (χ0v) is 13.4. The van der Waals surface area contributed by atoms with Crippen LogP contribution in [0.4, 0.5) is 0 Å². The molecule has 0 N–H and O–H groups in total. The Morgan fingerprint density at radius 2 is 1.81 bits per heavy atom. The summed E-state index contributed by atoms with van der Waals surface area (Å²) < 4.78 is 5.44. The topological polar surface area (TPSA) is 29.5 Å². The lowest BCUT2D eigenvalue weighted by molar-refractivity contribution is -0.144. The van der Waals surface area contributed by atoms with Gasteiger partial charge in [-0.2, -0.15) is 0 Å². The van der Waals surface area contributed by atoms with E-state index in [0.717, 1.165) is 5.56 Å². The zero-order chi connectivity index (χ0) is 15.5. The lowest BCUT2D eigenvalue weighted by Gasteiger charge is -2.37. The molecule has 0 fully saturated rings. The fourth-order valence-corrected chi connectivity index (χ4v) is 3.02. The minimum atomic E-state index is -0.574. The SMILES string of the molecule is CC(C)N(C(=O)C1(Cc2ccccc2)C=COC1)C(C)C. The van der Waals surface area contributed by atoms with Crippen LogP contribution in [0.15, 0.2) is 42.7 Å². The third-order valence-electron chi connectivity index (χ3n) is 3.96. The van der Waals surface area contributed by atoms with Crippen LogP contribution in [-0.2, 0) is 16.0 Å². The Balaban J connectivity index is 2.30. The number of carbonyl (C=O) groups excluding carboxylic acids is 1. The minimum absolute atomic E-state index is 0.158. The molecule has 1 aliphatic rings. The first-order valence-corrected chi connectivity index (χ1v) is 7.62. The van der Waals surface area contributed by atoms with Crippen molar-refractivity contribution in [3.8, 4) is 0 Å². The molecule has 0 radical (unpaired) electrons. The molecule has 21 heavy (non-hydrogen) atoms. The Morgan fingerprint density at radius 3 is 2.29 bits per heavy atom. The fourth-order valence-electron chi connectivity index (χ4n) is 3.02. The number of rotatable bonds is 5. The average Bonchev–Trinajstić information content (AvgIpc) is 2.88. The monoisotopic (exact) mass is 287 g/mol. The molecule has 1 aromatic carbocycles. The summed E-state index contributed by atoms with van der Waals surface area (Å²) in [5.74, 6) is 0.158. The van der Waals surface area contributed by atoms with Crippen molar-refractivity contribution in [2.24, 2.45) is 5.41 Å². The highest BCUT2D eigenvalue weighted by atomic mass is 16.5. The van der Waals surface area contributed by atoms with Crippen LogP contribution in [0.25, 0.3) is 0 Å². The molecule has 0 aromatic heterocycles. The van der Waals surface area contributed by atoms with Gasteiger partial charge >= 0.3 is 0 Å². The summed E-state index contributed by atoms with van der Waals surface area (Å²) >= 11 is 0. The second-order valence-corrected chi connectivity index (χ2v) is 6.33. The largest absolute Gasteiger partial charge is 0.500 e. The predicted octanol–water partition coefficient (Wildman–Crippen LogP) is 3.40. The van der Waals surface area contributed by atoms with Gasteiger partial charge in [-0.3, -0.25) is 4.79 Å². The number of amides is 1. The number of benzene rings is 1. The van der Waals surface area contributed by atoms with E-state index < -0.39 is 5.41 Å². The third kappa shape index (κ3) is 3.29. The van der Waals surface area contributed by atoms with E-state index in [1.807, 2.05) is 29.2 Å². The summed E-state index contributed by atoms with van der Waals surface area (Å²) in [6, 6.07) is 10.5. The molecule has 0 aliphatic carbocycles. The van der Waals surface area contributed by atoms with Crippen LogP contribution in [-0.4, -0.2) is 29.5 Å². The average molecular weight is 287 g/mol. The molecule has 2 rings (SSSR count). The van der Waals surface area contributed by atoms with Crippen LogP contribution in [0.2, 0.25) is 0 Å². The number of carbonyl (C=O) groups is 1. The third-order valence-corrected chi connectivity index (χ3v) is 3.96. The number of nitrogens with zero attached hydrogens (tertiary/aromatic N) is 1. The van der Waals surface area contributed by atoms with E-state index in [9.17, 15) is 4.79 Å². The molecule has 0 spiro atoms. The molecular formula is C18H25NO2. The second-order valence-electron chi connectivity index (χ2n) is 6.33. The molecular weight excluding hydrogens is 262 g/mol. The lowest BCUT2D eigenvalue weighted by atomic mass is 9.81. The Kier molecular flexibility index (Phi) is 4.71. The van der Waals surface area contributed by atoms with Gasteiger partial charge in [0.25, 0.3) is 0 Å². The van der Waals surface area contributed by atoms with E-state index in [4.69, 9.17) is 4.74 Å². The van der Waals surface area contributed by atoms with Crippen LogP contribution in [0.3, 0.4) is 0 Å². The van der Waals surface area contributed by atoms with Crippen LogP contribution >= 0.6 is 0 Å². The number of hydrogen-bond acceptors (Lipinski definition) is 2. The van der Waals surface area contributed by atoms with Crippen molar-refractivity contribution in [2.45, 2.75) is 46.2 Å². The van der Waals surface area contributed by atoms with Crippen molar-refractivity contribution in [1.29, 1.82) is 0 Å². The fraction of sp³-hybridized carbons (Fsp3) is 0.500. The number of ether oxygens (including phenoxy) is 1. The van der Waals surface area contributed by atoms with Gasteiger partial charge in [0, 0.05) is 12.1 Å². The Bertz CT molecular complexity index is 499. The lowest BCUT2D eigenvalue weighted by Crippen LogP contribution is -2.51. The Hall–Kier alpha value is -1.77. The van der Waals surface area contributed by atoms with Gasteiger partial charge in [0.2, 0.25) is 5.91 Å². The van der Waals surface area contributed by atoms with E-state index >= 15 is 0 Å². The molecule has 114 valence electrons. The molecule has 0 saturated carbocycles. The van der Waals surface area contributed by atoms with Crippen LogP contribution in [0.1, 0.15) is 33.3 Å². The molecule has 3 nitrogen and oxygen atoms in total. The van der Waals surface area contributed by atoms with Gasteiger partial charge < -0.3 is 9.64 Å². The van der Waals surface area contributed by atoms with Gasteiger partial charge in [-0.25, -0.2) is 0 Å². The quantitative estimate of drug-likeness (QED) is 0.830. The highest BCUT2D eigenvalue weighted by Crippen LogP contribution is 2.33. The smallest absolute Gasteiger partial charge is 0.237 e. The predicted molar refractivity (Wildman–Crippen MR) is 84.8 cm³/mol. The molecule has 1 amide bonds. The van der Waals surface area contributed by atoms with E-state index in [0.29, 0.717) is 13.0 Å². The van der Waals surface area contributed by atoms with E-state index in [-0.39, 0.29) is 18.0 Å². The van der Waals surface area contributed by atoms with Gasteiger partial charge in [0.15, 0.2) is 0 Å². The van der Waals surface area contributed by atoms with Gasteiger partial charge in [-0.05, 0) is 45.8 Å². The van der Waals surface area contributed by atoms with Gasteiger partial charge in [-0.15, -0.1) is 0 Å². The highest BCUT2D eigenvalue weighted by Gasteiger charge is 2.43. The Labute approximate surface area is 127 Å². The first-order chi connectivity index (χ1) is 9.96. The van der Waals surface area contributed by atoms with Crippen LogP contribution in [0.5, 0.6) is 0 Å². The standard InChI is InChI=1S/C18H25NO2/c1-14(2)19(15(3)4)17(20)18(10-11-21-13-18)12-16-8-6-5-7-9-16/h5-11,14-15H,12-13H2,1-4H3. The summed E-state index contributed by atoms with van der Waals surface area (Å²) in [5.41, 5.74) is 0.587. The van der Waals surface area contributed by atoms with Crippen molar-refractivity contribution in [2.75, 3.05) is 6.61 Å². The summed E-state index contributed by atoms with van der Waals surface area (Å²) in [6.45, 7) is 8.68. The Morgan fingerprint density at radius 1 is 1.19 bits per heavy atom. The molecule has 0 bridgehead atoms. The van der Waals surface area contributed by atoms with E-state index in [2.05, 4.69) is 39.8 Å². The van der Waals surface area contributed by atoms with Crippen molar-refractivity contribution < 1.29 is 9.53 Å². The van der Waals surface area contributed by atoms with Crippen molar-refractivity contribution in [1.82, 2.24) is 4.90 Å². The first-order valence-electron chi connectivity index (χ1n) is 7.62.